The van der Waals surface area contributed by atoms with Gasteiger partial charge in [-0.1, -0.05) is 41.9 Å². The summed E-state index contributed by atoms with van der Waals surface area (Å²) in [6.07, 6.45) is 0.296. The number of carbonyl (C=O) groups is 2. The first-order valence-corrected chi connectivity index (χ1v) is 7.06. The van der Waals surface area contributed by atoms with Gasteiger partial charge < -0.3 is 5.32 Å². The largest absolute Gasteiger partial charge is 0.326 e. The zero-order valence-electron chi connectivity index (χ0n) is 12.2. The number of benzene rings is 2. The van der Waals surface area contributed by atoms with Crippen LogP contribution in [0, 0.1) is 10.1 Å². The summed E-state index contributed by atoms with van der Waals surface area (Å²) in [5, 5.41) is 13.9. The average Bonchev–Trinajstić information content (AvgIpc) is 2.48. The van der Waals surface area contributed by atoms with E-state index in [1.165, 1.54) is 19.1 Å². The van der Waals surface area contributed by atoms with Gasteiger partial charge in [-0.3, -0.25) is 19.7 Å². The SMILES string of the molecule is CC(=O)Nc1ccc(-c2ccc(C(C=O)[N+](=O)[O-])cc2)c(Cl)c1. The van der Waals surface area contributed by atoms with Gasteiger partial charge in [0.25, 0.3) is 6.04 Å². The van der Waals surface area contributed by atoms with Crippen LogP contribution in [0.25, 0.3) is 11.1 Å². The van der Waals surface area contributed by atoms with Crippen LogP contribution >= 0.6 is 11.6 Å². The molecule has 0 heterocycles. The Morgan fingerprint density at radius 1 is 1.26 bits per heavy atom. The quantitative estimate of drug-likeness (QED) is 0.515. The first kappa shape index (κ1) is 16.6. The van der Waals surface area contributed by atoms with E-state index in [9.17, 15) is 19.7 Å². The Labute approximate surface area is 137 Å². The highest BCUT2D eigenvalue weighted by Crippen LogP contribution is 2.31. The van der Waals surface area contributed by atoms with Crippen molar-refractivity contribution in [1.82, 2.24) is 0 Å². The average molecular weight is 333 g/mol. The number of amides is 1. The minimum absolute atomic E-state index is 0.196. The molecule has 0 aliphatic carbocycles. The lowest BCUT2D eigenvalue weighted by molar-refractivity contribution is -0.511. The highest BCUT2D eigenvalue weighted by atomic mass is 35.5. The molecule has 0 radical (unpaired) electrons. The van der Waals surface area contributed by atoms with Gasteiger partial charge in [-0.25, -0.2) is 0 Å². The van der Waals surface area contributed by atoms with Crippen molar-refractivity contribution in [2.45, 2.75) is 13.0 Å². The lowest BCUT2D eigenvalue weighted by Gasteiger charge is -2.09. The molecule has 1 amide bonds. The Bertz CT molecular complexity index is 759. The van der Waals surface area contributed by atoms with Gasteiger partial charge in [0.05, 0.1) is 5.02 Å². The number of hydrogen-bond donors (Lipinski definition) is 1. The van der Waals surface area contributed by atoms with Crippen LogP contribution < -0.4 is 5.32 Å². The summed E-state index contributed by atoms with van der Waals surface area (Å²) in [7, 11) is 0. The zero-order chi connectivity index (χ0) is 17.0. The maximum atomic E-state index is 11.0. The van der Waals surface area contributed by atoms with Gasteiger partial charge in [0, 0.05) is 28.7 Å². The first-order chi connectivity index (χ1) is 10.9. The number of halogens is 1. The normalized spacial score (nSPS) is 11.6. The summed E-state index contributed by atoms with van der Waals surface area (Å²) in [5.41, 5.74) is 2.36. The number of nitrogens with zero attached hydrogens (tertiary/aromatic N) is 1. The van der Waals surface area contributed by atoms with Gasteiger partial charge in [-0.2, -0.15) is 0 Å². The molecule has 1 N–H and O–H groups in total. The maximum absolute atomic E-state index is 11.0. The monoisotopic (exact) mass is 332 g/mol. The number of rotatable bonds is 5. The first-order valence-electron chi connectivity index (χ1n) is 6.68. The van der Waals surface area contributed by atoms with Crippen LogP contribution in [-0.2, 0) is 9.59 Å². The van der Waals surface area contributed by atoms with E-state index < -0.39 is 11.0 Å². The smallest absolute Gasteiger partial charge is 0.292 e. The van der Waals surface area contributed by atoms with Crippen molar-refractivity contribution in [2.75, 3.05) is 5.32 Å². The number of nitrogens with one attached hydrogen (secondary N) is 1. The molecule has 2 aromatic carbocycles. The van der Waals surface area contributed by atoms with Crippen molar-refractivity contribution in [3.05, 3.63) is 63.2 Å². The number of aldehydes is 1. The molecule has 2 aromatic rings. The van der Waals surface area contributed by atoms with Crippen LogP contribution in [0.1, 0.15) is 18.5 Å². The van der Waals surface area contributed by atoms with Crippen molar-refractivity contribution in [1.29, 1.82) is 0 Å². The lowest BCUT2D eigenvalue weighted by Crippen LogP contribution is -2.11. The van der Waals surface area contributed by atoms with Crippen LogP contribution in [0.2, 0.25) is 5.02 Å². The molecular weight excluding hydrogens is 320 g/mol. The number of anilines is 1. The van der Waals surface area contributed by atoms with Crippen LogP contribution in [0.4, 0.5) is 5.69 Å². The van der Waals surface area contributed by atoms with Gasteiger partial charge in [0.2, 0.25) is 5.91 Å². The minimum atomic E-state index is -1.37. The minimum Gasteiger partial charge on any atom is -0.326 e. The van der Waals surface area contributed by atoms with E-state index in [0.717, 1.165) is 11.1 Å². The van der Waals surface area contributed by atoms with Crippen molar-refractivity contribution >= 4 is 29.5 Å². The molecule has 0 aliphatic rings. The van der Waals surface area contributed by atoms with E-state index in [2.05, 4.69) is 5.32 Å². The van der Waals surface area contributed by atoms with E-state index in [-0.39, 0.29) is 5.91 Å². The summed E-state index contributed by atoms with van der Waals surface area (Å²) in [5.74, 6) is -0.196. The summed E-state index contributed by atoms with van der Waals surface area (Å²) >= 11 is 6.21. The topological polar surface area (TPSA) is 89.3 Å². The third-order valence-electron chi connectivity index (χ3n) is 3.21. The molecule has 6 nitrogen and oxygen atoms in total. The number of hydrogen-bond acceptors (Lipinski definition) is 4. The van der Waals surface area contributed by atoms with Gasteiger partial charge in [-0.15, -0.1) is 0 Å². The second-order valence-electron chi connectivity index (χ2n) is 4.86. The molecular formula is C16H13ClN2O4. The second-order valence-corrected chi connectivity index (χ2v) is 5.27. The lowest BCUT2D eigenvalue weighted by atomic mass is 10.0. The van der Waals surface area contributed by atoms with E-state index in [1.807, 2.05) is 0 Å². The van der Waals surface area contributed by atoms with Crippen molar-refractivity contribution in [3.8, 4) is 11.1 Å². The van der Waals surface area contributed by atoms with Crippen molar-refractivity contribution in [3.63, 3.8) is 0 Å². The predicted octanol–water partition coefficient (Wildman–Crippen LogP) is 3.48. The van der Waals surface area contributed by atoms with Gasteiger partial charge in [0.1, 0.15) is 0 Å². The maximum Gasteiger partial charge on any atom is 0.292 e. The molecule has 0 saturated carbocycles. The molecule has 7 heteroatoms. The van der Waals surface area contributed by atoms with Crippen molar-refractivity contribution < 1.29 is 14.5 Å². The summed E-state index contributed by atoms with van der Waals surface area (Å²) in [4.78, 5) is 32.0. The third kappa shape index (κ3) is 3.92. The van der Waals surface area contributed by atoms with Gasteiger partial charge in [-0.05, 0) is 17.7 Å². The highest BCUT2D eigenvalue weighted by molar-refractivity contribution is 6.33. The fraction of sp³-hybridized carbons (Fsp3) is 0.125. The molecule has 1 atom stereocenters. The van der Waals surface area contributed by atoms with E-state index in [0.29, 0.717) is 22.6 Å². The van der Waals surface area contributed by atoms with Crippen LogP contribution in [0.3, 0.4) is 0 Å². The van der Waals surface area contributed by atoms with E-state index in [4.69, 9.17) is 11.6 Å². The highest BCUT2D eigenvalue weighted by Gasteiger charge is 2.21. The molecule has 2 rings (SSSR count). The molecule has 0 fully saturated rings. The Hall–Kier alpha value is -2.73. The Morgan fingerprint density at radius 3 is 2.39 bits per heavy atom. The van der Waals surface area contributed by atoms with Crippen molar-refractivity contribution in [2.24, 2.45) is 0 Å². The molecule has 0 saturated heterocycles. The summed E-state index contributed by atoms with van der Waals surface area (Å²) in [6.45, 7) is 1.40. The summed E-state index contributed by atoms with van der Waals surface area (Å²) < 4.78 is 0. The Balaban J connectivity index is 2.31. The summed E-state index contributed by atoms with van der Waals surface area (Å²) in [6, 6.07) is 10.1. The molecule has 0 spiro atoms. The van der Waals surface area contributed by atoms with E-state index >= 15 is 0 Å². The second kappa shape index (κ2) is 7.02. The molecule has 0 aliphatic heterocycles. The Kier molecular flexibility index (Phi) is 5.08. The molecule has 23 heavy (non-hydrogen) atoms. The predicted molar refractivity (Wildman–Crippen MR) is 87.0 cm³/mol. The van der Waals surface area contributed by atoms with Crippen LogP contribution in [0.5, 0.6) is 0 Å². The third-order valence-corrected chi connectivity index (χ3v) is 3.52. The molecule has 1 unspecified atom stereocenters. The van der Waals surface area contributed by atoms with Gasteiger partial charge >= 0.3 is 0 Å². The molecule has 0 bridgehead atoms. The zero-order valence-corrected chi connectivity index (χ0v) is 12.9. The fourth-order valence-electron chi connectivity index (χ4n) is 2.14. The van der Waals surface area contributed by atoms with Crippen LogP contribution in [0.15, 0.2) is 42.5 Å². The molecule has 0 aromatic heterocycles. The standard InChI is InChI=1S/C16H13ClN2O4/c1-10(21)18-13-6-7-14(15(17)8-13)11-2-4-12(5-3-11)16(9-20)19(22)23/h2-9,16H,1H3,(H,18,21). The van der Waals surface area contributed by atoms with Crippen LogP contribution in [-0.4, -0.2) is 17.1 Å². The number of nitro groups is 1. The Morgan fingerprint density at radius 2 is 1.91 bits per heavy atom. The molecule has 118 valence electrons. The van der Waals surface area contributed by atoms with E-state index in [1.54, 1.807) is 30.3 Å². The number of carbonyl (C=O) groups excluding carboxylic acids is 2. The fourth-order valence-corrected chi connectivity index (χ4v) is 2.43. The van der Waals surface area contributed by atoms with Gasteiger partial charge in [0.15, 0.2) is 6.29 Å².